The minimum Gasteiger partial charge on any atom is -0.294 e. The third kappa shape index (κ3) is 1.59. The summed E-state index contributed by atoms with van der Waals surface area (Å²) in [6, 6.07) is 6.19. The molecular formula is C12H14OS. The molecule has 1 aliphatic heterocycles. The molecule has 14 heavy (non-hydrogen) atoms. The van der Waals surface area contributed by atoms with E-state index in [-0.39, 0.29) is 0 Å². The van der Waals surface area contributed by atoms with E-state index < -0.39 is 0 Å². The summed E-state index contributed by atoms with van der Waals surface area (Å²) in [7, 11) is 0. The number of benzene rings is 1. The van der Waals surface area contributed by atoms with Crippen molar-refractivity contribution in [2.75, 3.05) is 5.75 Å². The van der Waals surface area contributed by atoms with Crippen molar-refractivity contribution in [3.05, 3.63) is 29.3 Å². The number of ketones is 1. The van der Waals surface area contributed by atoms with Crippen molar-refractivity contribution in [1.29, 1.82) is 0 Å². The Morgan fingerprint density at radius 3 is 2.86 bits per heavy atom. The number of hydrogen-bond donors (Lipinski definition) is 0. The van der Waals surface area contributed by atoms with Crippen LogP contribution in [0.15, 0.2) is 23.1 Å². The molecule has 0 aliphatic carbocycles. The molecule has 1 aromatic rings. The van der Waals surface area contributed by atoms with Crippen molar-refractivity contribution in [2.24, 2.45) is 0 Å². The van der Waals surface area contributed by atoms with Gasteiger partial charge in [0.05, 0.1) is 0 Å². The smallest absolute Gasteiger partial charge is 0.165 e. The predicted octanol–water partition coefficient (Wildman–Crippen LogP) is 3.49. The van der Waals surface area contributed by atoms with Gasteiger partial charge in [0.2, 0.25) is 0 Å². The molecule has 0 radical (unpaired) electrons. The summed E-state index contributed by atoms with van der Waals surface area (Å²) in [5.74, 6) is 1.70. The summed E-state index contributed by atoms with van der Waals surface area (Å²) in [6.45, 7) is 4.28. The fraction of sp³-hybridized carbons (Fsp3) is 0.417. The van der Waals surface area contributed by atoms with Crippen LogP contribution in [0.1, 0.15) is 42.1 Å². The molecule has 0 spiro atoms. The first kappa shape index (κ1) is 9.78. The van der Waals surface area contributed by atoms with Crippen LogP contribution in [0.4, 0.5) is 0 Å². The topological polar surface area (TPSA) is 17.1 Å². The van der Waals surface area contributed by atoms with Crippen molar-refractivity contribution >= 4 is 17.5 Å². The molecular weight excluding hydrogens is 192 g/mol. The van der Waals surface area contributed by atoms with Crippen molar-refractivity contribution in [3.63, 3.8) is 0 Å². The van der Waals surface area contributed by atoms with E-state index in [1.165, 1.54) is 10.5 Å². The van der Waals surface area contributed by atoms with Crippen molar-refractivity contribution in [3.8, 4) is 0 Å². The zero-order valence-corrected chi connectivity index (χ0v) is 9.36. The third-order valence-corrected chi connectivity index (χ3v) is 3.61. The lowest BCUT2D eigenvalue weighted by Crippen LogP contribution is -2.12. The van der Waals surface area contributed by atoms with Gasteiger partial charge in [-0.15, -0.1) is 11.8 Å². The minimum atomic E-state index is 0.322. The Kier molecular flexibility index (Phi) is 2.64. The highest BCUT2D eigenvalue weighted by molar-refractivity contribution is 7.99. The lowest BCUT2D eigenvalue weighted by molar-refractivity contribution is 0.0983. The maximum absolute atomic E-state index is 11.8. The summed E-state index contributed by atoms with van der Waals surface area (Å²) < 4.78 is 0. The zero-order chi connectivity index (χ0) is 10.1. The Morgan fingerprint density at radius 2 is 2.14 bits per heavy atom. The number of hydrogen-bond acceptors (Lipinski definition) is 2. The number of fused-ring (bicyclic) bond motifs is 1. The first-order chi connectivity index (χ1) is 6.70. The quantitative estimate of drug-likeness (QED) is 0.699. The van der Waals surface area contributed by atoms with E-state index >= 15 is 0 Å². The third-order valence-electron chi connectivity index (χ3n) is 2.55. The van der Waals surface area contributed by atoms with E-state index in [1.54, 1.807) is 11.8 Å². The highest BCUT2D eigenvalue weighted by Gasteiger charge is 2.21. The van der Waals surface area contributed by atoms with Crippen LogP contribution in [0.5, 0.6) is 0 Å². The minimum absolute atomic E-state index is 0.322. The molecule has 1 aliphatic rings. The fourth-order valence-corrected chi connectivity index (χ4v) is 2.88. The molecule has 0 bridgehead atoms. The lowest BCUT2D eigenvalue weighted by atomic mass is 9.93. The van der Waals surface area contributed by atoms with Crippen LogP contribution in [-0.4, -0.2) is 11.5 Å². The lowest BCUT2D eigenvalue weighted by Gasteiger charge is -2.19. The number of rotatable bonds is 1. The molecule has 0 saturated heterocycles. The van der Waals surface area contributed by atoms with E-state index in [1.807, 2.05) is 0 Å². The van der Waals surface area contributed by atoms with E-state index in [9.17, 15) is 4.79 Å². The summed E-state index contributed by atoms with van der Waals surface area (Å²) in [5.41, 5.74) is 2.19. The van der Waals surface area contributed by atoms with Crippen molar-refractivity contribution in [1.82, 2.24) is 0 Å². The molecule has 0 atom stereocenters. The molecule has 74 valence electrons. The standard InChI is InChI=1S/C12H14OS/c1-8(2)9-4-3-5-11-12(9)10(13)6-7-14-11/h3-5,8H,6-7H2,1-2H3. The van der Waals surface area contributed by atoms with Crippen LogP contribution >= 0.6 is 11.8 Å². The Labute approximate surface area is 88.9 Å². The summed E-state index contributed by atoms with van der Waals surface area (Å²) in [4.78, 5) is 13.0. The van der Waals surface area contributed by atoms with Gasteiger partial charge in [0.15, 0.2) is 5.78 Å². The molecule has 1 aromatic carbocycles. The Hall–Kier alpha value is -0.760. The van der Waals surface area contributed by atoms with E-state index in [0.717, 1.165) is 11.3 Å². The molecule has 1 heterocycles. The molecule has 0 saturated carbocycles. The summed E-state index contributed by atoms with van der Waals surface area (Å²) in [5, 5.41) is 0. The van der Waals surface area contributed by atoms with Crippen LogP contribution in [0.2, 0.25) is 0 Å². The first-order valence-electron chi connectivity index (χ1n) is 4.99. The maximum Gasteiger partial charge on any atom is 0.165 e. The normalized spacial score (nSPS) is 15.8. The van der Waals surface area contributed by atoms with Gasteiger partial charge in [-0.2, -0.15) is 0 Å². The number of carbonyl (C=O) groups is 1. The first-order valence-corrected chi connectivity index (χ1v) is 5.97. The highest BCUT2D eigenvalue weighted by atomic mass is 32.2. The summed E-state index contributed by atoms with van der Waals surface area (Å²) in [6.07, 6.45) is 0.696. The van der Waals surface area contributed by atoms with Crippen molar-refractivity contribution < 1.29 is 4.79 Å². The average Bonchev–Trinajstić information content (AvgIpc) is 2.17. The van der Waals surface area contributed by atoms with Gasteiger partial charge in [-0.25, -0.2) is 0 Å². The van der Waals surface area contributed by atoms with Crippen LogP contribution in [0.25, 0.3) is 0 Å². The average molecular weight is 206 g/mol. The Morgan fingerprint density at radius 1 is 1.36 bits per heavy atom. The Bertz CT molecular complexity index is 369. The molecule has 2 heteroatoms. The summed E-state index contributed by atoms with van der Waals surface area (Å²) >= 11 is 1.80. The van der Waals surface area contributed by atoms with Gasteiger partial charge in [-0.1, -0.05) is 26.0 Å². The van der Waals surface area contributed by atoms with Crippen molar-refractivity contribution in [2.45, 2.75) is 31.1 Å². The van der Waals surface area contributed by atoms with Gasteiger partial charge in [0.1, 0.15) is 0 Å². The molecule has 1 nitrogen and oxygen atoms in total. The monoisotopic (exact) mass is 206 g/mol. The van der Waals surface area contributed by atoms with Crippen LogP contribution in [0, 0.1) is 0 Å². The Balaban J connectivity index is 2.57. The van der Waals surface area contributed by atoms with Gasteiger partial charge >= 0.3 is 0 Å². The van der Waals surface area contributed by atoms with Crippen LogP contribution < -0.4 is 0 Å². The van der Waals surface area contributed by atoms with Gasteiger partial charge in [0, 0.05) is 22.6 Å². The number of carbonyl (C=O) groups excluding carboxylic acids is 1. The second kappa shape index (κ2) is 3.77. The second-order valence-corrected chi connectivity index (χ2v) is 5.03. The molecule has 2 rings (SSSR count). The number of thioether (sulfide) groups is 1. The molecule has 0 N–H and O–H groups in total. The van der Waals surface area contributed by atoms with E-state index in [0.29, 0.717) is 18.1 Å². The van der Waals surface area contributed by atoms with Gasteiger partial charge in [-0.3, -0.25) is 4.79 Å². The van der Waals surface area contributed by atoms with E-state index in [2.05, 4.69) is 32.0 Å². The molecule has 0 aromatic heterocycles. The van der Waals surface area contributed by atoms with Gasteiger partial charge in [-0.05, 0) is 17.5 Å². The van der Waals surface area contributed by atoms with Crippen LogP contribution in [-0.2, 0) is 0 Å². The SMILES string of the molecule is CC(C)c1cccc2c1C(=O)CCS2. The van der Waals surface area contributed by atoms with Gasteiger partial charge in [0.25, 0.3) is 0 Å². The second-order valence-electron chi connectivity index (χ2n) is 3.90. The highest BCUT2D eigenvalue weighted by Crippen LogP contribution is 2.34. The molecule has 0 fully saturated rings. The largest absolute Gasteiger partial charge is 0.294 e. The van der Waals surface area contributed by atoms with Gasteiger partial charge < -0.3 is 0 Å². The fourth-order valence-electron chi connectivity index (χ4n) is 1.83. The molecule has 0 amide bonds. The predicted molar refractivity (Wildman–Crippen MR) is 60.2 cm³/mol. The number of Topliss-reactive ketones (excluding diaryl/α,β-unsaturated/α-hetero) is 1. The van der Waals surface area contributed by atoms with E-state index in [4.69, 9.17) is 0 Å². The molecule has 0 unspecified atom stereocenters. The van der Waals surface area contributed by atoms with Crippen LogP contribution in [0.3, 0.4) is 0 Å². The maximum atomic E-state index is 11.8. The zero-order valence-electron chi connectivity index (χ0n) is 8.54.